The molecule has 3 aromatic rings. The predicted molar refractivity (Wildman–Crippen MR) is 129 cm³/mol. The molecule has 2 aromatic carbocycles. The van der Waals surface area contributed by atoms with Gasteiger partial charge in [0.15, 0.2) is 0 Å². The zero-order valence-electron chi connectivity index (χ0n) is 19.0. The van der Waals surface area contributed by atoms with Crippen molar-refractivity contribution in [2.75, 3.05) is 7.11 Å². The van der Waals surface area contributed by atoms with Gasteiger partial charge in [0.05, 0.1) is 13.5 Å². The number of hydrogen-bond acceptors (Lipinski definition) is 4. The smallest absolute Gasteiger partial charge is 0.328 e. The van der Waals surface area contributed by atoms with Gasteiger partial charge in [-0.2, -0.15) is 0 Å². The number of methoxy groups -OCH3 is 1. The Morgan fingerprint density at radius 2 is 1.85 bits per heavy atom. The van der Waals surface area contributed by atoms with Crippen LogP contribution in [-0.2, 0) is 27.2 Å². The normalized spacial score (nSPS) is 12.7. The Kier molecular flexibility index (Phi) is 9.07. The van der Waals surface area contributed by atoms with Crippen LogP contribution in [0.1, 0.15) is 54.7 Å². The predicted octanol–water partition coefficient (Wildman–Crippen LogP) is 4.83. The zero-order chi connectivity index (χ0) is 23.6. The molecular weight excluding hydrogens is 438 g/mol. The van der Waals surface area contributed by atoms with E-state index in [1.165, 1.54) is 7.11 Å². The molecule has 0 aliphatic rings. The van der Waals surface area contributed by atoms with Crippen LogP contribution >= 0.6 is 11.6 Å². The Balaban J connectivity index is 1.70. The highest BCUT2D eigenvalue weighted by Gasteiger charge is 2.23. The first-order chi connectivity index (χ1) is 16.0. The highest BCUT2D eigenvalue weighted by molar-refractivity contribution is 6.31. The molecule has 7 heteroatoms. The van der Waals surface area contributed by atoms with Gasteiger partial charge in [0.2, 0.25) is 5.91 Å². The van der Waals surface area contributed by atoms with Crippen molar-refractivity contribution < 1.29 is 14.3 Å². The lowest BCUT2D eigenvalue weighted by molar-refractivity contribution is -0.145. The van der Waals surface area contributed by atoms with Crippen molar-refractivity contribution in [1.82, 2.24) is 15.3 Å². The molecule has 0 saturated heterocycles. The van der Waals surface area contributed by atoms with Crippen LogP contribution in [0.15, 0.2) is 60.8 Å². The molecule has 0 aliphatic carbocycles. The van der Waals surface area contributed by atoms with Crippen molar-refractivity contribution in [2.45, 2.75) is 51.0 Å². The quantitative estimate of drug-likeness (QED) is 0.396. The van der Waals surface area contributed by atoms with Crippen LogP contribution in [0.25, 0.3) is 0 Å². The molecule has 0 saturated carbocycles. The Labute approximate surface area is 199 Å². The number of rotatable bonds is 11. The summed E-state index contributed by atoms with van der Waals surface area (Å²) in [5.41, 5.74) is 2.64. The Morgan fingerprint density at radius 3 is 2.55 bits per heavy atom. The first-order valence-corrected chi connectivity index (χ1v) is 11.6. The summed E-state index contributed by atoms with van der Waals surface area (Å²) in [5.74, 6) is 0.0553. The number of benzene rings is 2. The molecule has 1 amide bonds. The minimum atomic E-state index is -0.757. The standard InChI is InChI=1S/C26H30ClN3O3/c1-3-4-12-21(20-13-8-9-14-22(20)27)25-28-17-19(29-25)16-24(31)30-23(26(32)33-2)15-18-10-6-5-7-11-18/h5-11,13-14,17,21,23H,3-4,12,15-16H2,1-2H3,(H,28,29)(H,30,31)/t21?,23-/m1/s1. The van der Waals surface area contributed by atoms with Crippen LogP contribution in [0.2, 0.25) is 5.02 Å². The van der Waals surface area contributed by atoms with E-state index in [1.54, 1.807) is 6.20 Å². The summed E-state index contributed by atoms with van der Waals surface area (Å²) in [4.78, 5) is 32.8. The number of aromatic amines is 1. The van der Waals surface area contributed by atoms with Crippen molar-refractivity contribution >= 4 is 23.5 Å². The Morgan fingerprint density at radius 1 is 1.12 bits per heavy atom. The van der Waals surface area contributed by atoms with Gasteiger partial charge in [-0.15, -0.1) is 0 Å². The van der Waals surface area contributed by atoms with Gasteiger partial charge >= 0.3 is 5.97 Å². The molecule has 0 aliphatic heterocycles. The van der Waals surface area contributed by atoms with E-state index in [4.69, 9.17) is 16.3 Å². The van der Waals surface area contributed by atoms with E-state index in [0.717, 1.165) is 36.2 Å². The average Bonchev–Trinajstić information content (AvgIpc) is 3.28. The van der Waals surface area contributed by atoms with Crippen molar-refractivity contribution in [1.29, 1.82) is 0 Å². The molecule has 0 fully saturated rings. The van der Waals surface area contributed by atoms with E-state index < -0.39 is 12.0 Å². The number of nitrogens with one attached hydrogen (secondary N) is 2. The van der Waals surface area contributed by atoms with Crippen molar-refractivity contribution in [2.24, 2.45) is 0 Å². The molecule has 2 N–H and O–H groups in total. The number of aromatic nitrogens is 2. The zero-order valence-corrected chi connectivity index (χ0v) is 19.8. The second-order valence-electron chi connectivity index (χ2n) is 8.02. The summed E-state index contributed by atoms with van der Waals surface area (Å²) < 4.78 is 4.88. The molecule has 174 valence electrons. The fraction of sp³-hybridized carbons (Fsp3) is 0.346. The highest BCUT2D eigenvalue weighted by atomic mass is 35.5. The van der Waals surface area contributed by atoms with E-state index >= 15 is 0 Å². The summed E-state index contributed by atoms with van der Waals surface area (Å²) >= 11 is 6.46. The number of amides is 1. The maximum Gasteiger partial charge on any atom is 0.328 e. The van der Waals surface area contributed by atoms with E-state index in [1.807, 2.05) is 54.6 Å². The molecule has 1 heterocycles. The minimum absolute atomic E-state index is 0.0244. The van der Waals surface area contributed by atoms with E-state index in [-0.39, 0.29) is 18.2 Å². The number of imidazole rings is 1. The molecule has 1 unspecified atom stereocenters. The fourth-order valence-electron chi connectivity index (χ4n) is 3.85. The van der Waals surface area contributed by atoms with Gasteiger partial charge in [0, 0.05) is 29.3 Å². The second-order valence-corrected chi connectivity index (χ2v) is 8.43. The molecule has 2 atom stereocenters. The molecule has 3 rings (SSSR count). The third kappa shape index (κ3) is 6.93. The molecule has 0 spiro atoms. The number of esters is 1. The van der Waals surface area contributed by atoms with Gasteiger partial charge in [-0.25, -0.2) is 9.78 Å². The number of H-pyrrole nitrogens is 1. The summed E-state index contributed by atoms with van der Waals surface area (Å²) in [6, 6.07) is 16.5. The lowest BCUT2D eigenvalue weighted by Gasteiger charge is -2.17. The summed E-state index contributed by atoms with van der Waals surface area (Å²) in [6.45, 7) is 2.15. The van der Waals surface area contributed by atoms with Crippen LogP contribution in [0.3, 0.4) is 0 Å². The van der Waals surface area contributed by atoms with Crippen LogP contribution < -0.4 is 5.32 Å². The molecular formula is C26H30ClN3O3. The van der Waals surface area contributed by atoms with Gasteiger partial charge in [0.1, 0.15) is 11.9 Å². The molecule has 0 radical (unpaired) electrons. The molecule has 6 nitrogen and oxygen atoms in total. The summed E-state index contributed by atoms with van der Waals surface area (Å²) in [7, 11) is 1.32. The van der Waals surface area contributed by atoms with Crippen molar-refractivity contribution in [3.05, 3.63) is 88.5 Å². The minimum Gasteiger partial charge on any atom is -0.467 e. The molecule has 33 heavy (non-hydrogen) atoms. The number of unbranched alkanes of at least 4 members (excludes halogenated alkanes) is 1. The van der Waals surface area contributed by atoms with Gasteiger partial charge in [-0.1, -0.05) is 79.9 Å². The van der Waals surface area contributed by atoms with Gasteiger partial charge in [-0.05, 0) is 23.6 Å². The average molecular weight is 468 g/mol. The van der Waals surface area contributed by atoms with Crippen LogP contribution in [0, 0.1) is 0 Å². The first-order valence-electron chi connectivity index (χ1n) is 11.2. The van der Waals surface area contributed by atoms with Gasteiger partial charge < -0.3 is 15.0 Å². The Hall–Kier alpha value is -3.12. The fourth-order valence-corrected chi connectivity index (χ4v) is 4.12. The first kappa shape index (κ1) is 24.5. The van der Waals surface area contributed by atoms with E-state index in [9.17, 15) is 9.59 Å². The van der Waals surface area contributed by atoms with E-state index in [0.29, 0.717) is 17.1 Å². The highest BCUT2D eigenvalue weighted by Crippen LogP contribution is 2.32. The summed E-state index contributed by atoms with van der Waals surface area (Å²) in [5, 5.41) is 3.50. The lowest BCUT2D eigenvalue weighted by Crippen LogP contribution is -2.43. The van der Waals surface area contributed by atoms with Crippen molar-refractivity contribution in [3.8, 4) is 0 Å². The Bertz CT molecular complexity index is 1050. The third-order valence-electron chi connectivity index (χ3n) is 5.56. The van der Waals surface area contributed by atoms with Crippen LogP contribution in [0.5, 0.6) is 0 Å². The maximum absolute atomic E-state index is 12.7. The molecule has 0 bridgehead atoms. The number of nitrogens with zero attached hydrogens (tertiary/aromatic N) is 1. The molecule has 1 aromatic heterocycles. The van der Waals surface area contributed by atoms with E-state index in [2.05, 4.69) is 22.2 Å². The largest absolute Gasteiger partial charge is 0.467 e. The topological polar surface area (TPSA) is 84.1 Å². The summed E-state index contributed by atoms with van der Waals surface area (Å²) in [6.07, 6.45) is 5.12. The van der Waals surface area contributed by atoms with Crippen molar-refractivity contribution in [3.63, 3.8) is 0 Å². The number of hydrogen-bond donors (Lipinski definition) is 2. The van der Waals surface area contributed by atoms with Crippen LogP contribution in [-0.4, -0.2) is 35.0 Å². The SMILES string of the molecule is CCCCC(c1ncc(CC(=O)N[C@H](Cc2ccccc2)C(=O)OC)[nH]1)c1ccccc1Cl. The number of halogens is 1. The van der Waals surface area contributed by atoms with Gasteiger partial charge in [-0.3, -0.25) is 4.79 Å². The number of ether oxygens (including phenoxy) is 1. The lowest BCUT2D eigenvalue weighted by atomic mass is 9.93. The number of carbonyl (C=O) groups excluding carboxylic acids is 2. The monoisotopic (exact) mass is 467 g/mol. The second kappa shape index (κ2) is 12.2. The third-order valence-corrected chi connectivity index (χ3v) is 5.90. The van der Waals surface area contributed by atoms with Gasteiger partial charge in [0.25, 0.3) is 0 Å². The van der Waals surface area contributed by atoms with Crippen LogP contribution in [0.4, 0.5) is 0 Å². The number of carbonyl (C=O) groups is 2. The maximum atomic E-state index is 12.7.